The van der Waals surface area contributed by atoms with Crippen LogP contribution in [0.3, 0.4) is 0 Å². The molecule has 170 valence electrons. The van der Waals surface area contributed by atoms with Crippen molar-refractivity contribution in [3.8, 4) is 0 Å². The Morgan fingerprint density at radius 3 is 0.943 bits per heavy atom. The highest BCUT2D eigenvalue weighted by molar-refractivity contribution is 5.95. The molecule has 0 aliphatic heterocycles. The Balaban J connectivity index is 1.78. The molecular weight excluding hydrogens is 426 g/mol. The van der Waals surface area contributed by atoms with E-state index in [4.69, 9.17) is 0 Å². The van der Waals surface area contributed by atoms with Crippen LogP contribution in [0.5, 0.6) is 0 Å². The van der Waals surface area contributed by atoms with Crippen LogP contribution in [0.1, 0.15) is 44.7 Å². The van der Waals surface area contributed by atoms with E-state index in [2.05, 4.69) is 48.5 Å². The van der Waals surface area contributed by atoms with E-state index in [0.29, 0.717) is 5.56 Å². The van der Waals surface area contributed by atoms with Gasteiger partial charge in [-0.2, -0.15) is 0 Å². The Morgan fingerprint density at radius 2 is 0.657 bits per heavy atom. The van der Waals surface area contributed by atoms with Crippen molar-refractivity contribution in [2.24, 2.45) is 0 Å². The molecule has 5 aromatic carbocycles. The second kappa shape index (κ2) is 10.7. The van der Waals surface area contributed by atoms with Gasteiger partial charge in [-0.05, 0) is 34.4 Å². The van der Waals surface area contributed by atoms with Crippen molar-refractivity contribution < 1.29 is 4.79 Å². The standard InChI is InChI=1S/C33H27NO/c35-33(30-24-14-5-15-25-30)34(31(26-16-6-1-7-17-26)27-18-8-2-9-19-27)32(28-20-10-3-11-21-28)29-22-12-4-13-23-29/h1-25,31-32H. The van der Waals surface area contributed by atoms with Crippen molar-refractivity contribution in [1.29, 1.82) is 0 Å². The van der Waals surface area contributed by atoms with Crippen molar-refractivity contribution in [2.45, 2.75) is 12.1 Å². The van der Waals surface area contributed by atoms with E-state index in [9.17, 15) is 4.79 Å². The van der Waals surface area contributed by atoms with E-state index >= 15 is 0 Å². The van der Waals surface area contributed by atoms with Gasteiger partial charge in [0.1, 0.15) is 0 Å². The Labute approximate surface area is 207 Å². The maximum atomic E-state index is 14.4. The van der Waals surface area contributed by atoms with E-state index in [1.54, 1.807) is 0 Å². The first-order valence-electron chi connectivity index (χ1n) is 11.9. The van der Waals surface area contributed by atoms with Gasteiger partial charge in [0.05, 0.1) is 12.1 Å². The highest BCUT2D eigenvalue weighted by atomic mass is 16.2. The molecule has 0 fully saturated rings. The van der Waals surface area contributed by atoms with Crippen LogP contribution in [-0.4, -0.2) is 10.8 Å². The zero-order valence-corrected chi connectivity index (χ0v) is 19.4. The fourth-order valence-electron chi connectivity index (χ4n) is 4.68. The molecule has 5 rings (SSSR count). The van der Waals surface area contributed by atoms with Crippen molar-refractivity contribution in [3.05, 3.63) is 179 Å². The summed E-state index contributed by atoms with van der Waals surface area (Å²) in [5.74, 6) is -0.0130. The number of amides is 1. The van der Waals surface area contributed by atoms with E-state index in [1.807, 2.05) is 108 Å². The number of carbonyl (C=O) groups is 1. The first-order valence-corrected chi connectivity index (χ1v) is 11.9. The summed E-state index contributed by atoms with van der Waals surface area (Å²) in [5, 5.41) is 0. The van der Waals surface area contributed by atoms with Gasteiger partial charge in [-0.15, -0.1) is 0 Å². The Bertz CT molecular complexity index is 1180. The molecule has 0 heterocycles. The third-order valence-electron chi connectivity index (χ3n) is 6.27. The van der Waals surface area contributed by atoms with Gasteiger partial charge in [0.25, 0.3) is 5.91 Å². The number of nitrogens with zero attached hydrogens (tertiary/aromatic N) is 1. The van der Waals surface area contributed by atoms with Gasteiger partial charge in [-0.25, -0.2) is 0 Å². The van der Waals surface area contributed by atoms with E-state index < -0.39 is 0 Å². The minimum absolute atomic E-state index is 0.0130. The highest BCUT2D eigenvalue weighted by Crippen LogP contribution is 2.40. The lowest BCUT2D eigenvalue weighted by atomic mass is 9.90. The zero-order valence-electron chi connectivity index (χ0n) is 19.4. The Hall–Kier alpha value is -4.43. The van der Waals surface area contributed by atoms with Gasteiger partial charge in [0.15, 0.2) is 0 Å². The van der Waals surface area contributed by atoms with Crippen LogP contribution in [0.2, 0.25) is 0 Å². The van der Waals surface area contributed by atoms with Gasteiger partial charge in [-0.1, -0.05) is 140 Å². The number of carbonyl (C=O) groups excluding carboxylic acids is 1. The van der Waals surface area contributed by atoms with E-state index in [1.165, 1.54) is 0 Å². The predicted octanol–water partition coefficient (Wildman–Crippen LogP) is 7.71. The zero-order chi connectivity index (χ0) is 23.9. The van der Waals surface area contributed by atoms with Crippen LogP contribution in [0.15, 0.2) is 152 Å². The van der Waals surface area contributed by atoms with Crippen molar-refractivity contribution >= 4 is 5.91 Å². The van der Waals surface area contributed by atoms with Crippen LogP contribution in [-0.2, 0) is 0 Å². The van der Waals surface area contributed by atoms with Gasteiger partial charge in [0.2, 0.25) is 0 Å². The minimum atomic E-state index is -0.282. The Morgan fingerprint density at radius 1 is 0.400 bits per heavy atom. The molecule has 2 nitrogen and oxygen atoms in total. The molecule has 0 aromatic heterocycles. The van der Waals surface area contributed by atoms with Crippen molar-refractivity contribution in [1.82, 2.24) is 4.90 Å². The highest BCUT2D eigenvalue weighted by Gasteiger charge is 2.35. The molecule has 0 N–H and O–H groups in total. The summed E-state index contributed by atoms with van der Waals surface area (Å²) in [6.45, 7) is 0. The lowest BCUT2D eigenvalue weighted by Gasteiger charge is -2.39. The number of rotatable bonds is 7. The van der Waals surface area contributed by atoms with Gasteiger partial charge in [-0.3, -0.25) is 4.79 Å². The second-order valence-electron chi connectivity index (χ2n) is 8.53. The fourth-order valence-corrected chi connectivity index (χ4v) is 4.68. The second-order valence-corrected chi connectivity index (χ2v) is 8.53. The SMILES string of the molecule is O=C(c1ccccc1)N(C(c1ccccc1)c1ccccc1)C(c1ccccc1)c1ccccc1. The molecule has 0 atom stereocenters. The summed E-state index contributed by atoms with van der Waals surface area (Å²) in [7, 11) is 0. The molecule has 0 radical (unpaired) electrons. The molecule has 5 aromatic rings. The quantitative estimate of drug-likeness (QED) is 0.247. The maximum Gasteiger partial charge on any atom is 0.255 e. The first-order chi connectivity index (χ1) is 17.3. The average molecular weight is 454 g/mol. The summed E-state index contributed by atoms with van der Waals surface area (Å²) in [6.07, 6.45) is 0. The van der Waals surface area contributed by atoms with Crippen LogP contribution < -0.4 is 0 Å². The smallest absolute Gasteiger partial charge is 0.255 e. The van der Waals surface area contributed by atoms with E-state index in [-0.39, 0.29) is 18.0 Å². The van der Waals surface area contributed by atoms with Crippen LogP contribution in [0.25, 0.3) is 0 Å². The molecule has 0 saturated heterocycles. The topological polar surface area (TPSA) is 20.3 Å². The molecule has 35 heavy (non-hydrogen) atoms. The Kier molecular flexibility index (Phi) is 6.82. The molecule has 0 bridgehead atoms. The number of hydrogen-bond donors (Lipinski definition) is 0. The monoisotopic (exact) mass is 453 g/mol. The maximum absolute atomic E-state index is 14.4. The van der Waals surface area contributed by atoms with Crippen molar-refractivity contribution in [2.75, 3.05) is 0 Å². The van der Waals surface area contributed by atoms with Crippen LogP contribution in [0.4, 0.5) is 0 Å². The normalized spacial score (nSPS) is 10.9. The van der Waals surface area contributed by atoms with Gasteiger partial charge in [0, 0.05) is 5.56 Å². The molecule has 1 amide bonds. The molecule has 0 saturated carbocycles. The molecular formula is C33H27NO. The third kappa shape index (κ3) is 4.92. The number of hydrogen-bond acceptors (Lipinski definition) is 1. The molecule has 0 spiro atoms. The number of benzene rings is 5. The summed E-state index contributed by atoms with van der Waals surface area (Å²) in [5.41, 5.74) is 4.94. The molecule has 2 heteroatoms. The summed E-state index contributed by atoms with van der Waals surface area (Å²) < 4.78 is 0. The predicted molar refractivity (Wildman–Crippen MR) is 142 cm³/mol. The molecule has 0 aliphatic rings. The van der Waals surface area contributed by atoms with Gasteiger partial charge < -0.3 is 4.90 Å². The lowest BCUT2D eigenvalue weighted by molar-refractivity contribution is 0.0644. The van der Waals surface area contributed by atoms with Gasteiger partial charge >= 0.3 is 0 Å². The van der Waals surface area contributed by atoms with Crippen LogP contribution >= 0.6 is 0 Å². The van der Waals surface area contributed by atoms with Crippen LogP contribution in [0, 0.1) is 0 Å². The summed E-state index contributed by atoms with van der Waals surface area (Å²) in [4.78, 5) is 16.5. The van der Waals surface area contributed by atoms with E-state index in [0.717, 1.165) is 22.3 Å². The fraction of sp³-hybridized carbons (Fsp3) is 0.0606. The lowest BCUT2D eigenvalue weighted by Crippen LogP contribution is -2.39. The average Bonchev–Trinajstić information content (AvgIpc) is 2.95. The largest absolute Gasteiger partial charge is 0.316 e. The minimum Gasteiger partial charge on any atom is -0.316 e. The summed E-state index contributed by atoms with van der Waals surface area (Å²) >= 11 is 0. The van der Waals surface area contributed by atoms with Crippen molar-refractivity contribution in [3.63, 3.8) is 0 Å². The first kappa shape index (κ1) is 22.4. The molecule has 0 aliphatic carbocycles. The summed E-state index contributed by atoms with van der Waals surface area (Å²) in [6, 6.07) is 50.2. The third-order valence-corrected chi connectivity index (χ3v) is 6.27. The molecule has 0 unspecified atom stereocenters.